The van der Waals surface area contributed by atoms with Gasteiger partial charge in [0.15, 0.2) is 0 Å². The number of benzene rings is 5. The van der Waals surface area contributed by atoms with E-state index in [1.165, 1.54) is 16.7 Å². The molecule has 6 heteroatoms. The first-order valence-electron chi connectivity index (χ1n) is 13.5. The van der Waals surface area contributed by atoms with Gasteiger partial charge in [0.25, 0.3) is 5.91 Å². The van der Waals surface area contributed by atoms with Crippen LogP contribution in [-0.4, -0.2) is 12.5 Å². The first-order valence-corrected chi connectivity index (χ1v) is 15.1. The first kappa shape index (κ1) is 28.8. The average molecular weight is 670 g/mol. The maximum atomic E-state index is 12.9. The molecule has 206 valence electrons. The minimum absolute atomic E-state index is 0.105. The first-order chi connectivity index (χ1) is 20.1. The van der Waals surface area contributed by atoms with Gasteiger partial charge in [-0.3, -0.25) is 4.79 Å². The number of ether oxygens (including phenoxy) is 1. The lowest BCUT2D eigenvalue weighted by Crippen LogP contribution is -2.26. The maximum Gasteiger partial charge on any atom is 0.251 e. The van der Waals surface area contributed by atoms with E-state index in [1.54, 1.807) is 0 Å². The molecule has 0 saturated heterocycles. The van der Waals surface area contributed by atoms with Crippen LogP contribution in [0.5, 0.6) is 11.5 Å². The molecule has 0 saturated carbocycles. The van der Waals surface area contributed by atoms with Crippen molar-refractivity contribution in [2.45, 2.75) is 19.5 Å². The highest BCUT2D eigenvalue weighted by Gasteiger charge is 2.13. The zero-order chi connectivity index (χ0) is 28.4. The molecule has 0 fully saturated rings. The lowest BCUT2D eigenvalue weighted by atomic mass is 10.00. The third-order valence-corrected chi connectivity index (χ3v) is 8.14. The Morgan fingerprint density at radius 2 is 1.29 bits per heavy atom. The van der Waals surface area contributed by atoms with Gasteiger partial charge in [-0.1, -0.05) is 117 Å². The Kier molecular flexibility index (Phi) is 10.0. The van der Waals surface area contributed by atoms with E-state index in [1.807, 2.05) is 72.8 Å². The van der Waals surface area contributed by atoms with Gasteiger partial charge in [0.2, 0.25) is 0 Å². The van der Waals surface area contributed by atoms with Crippen LogP contribution in [0.4, 0.5) is 0 Å². The number of amides is 1. The number of nitrogens with one attached hydrogen (secondary N) is 2. The number of carbonyl (C=O) groups is 1. The molecular formula is C35H30Br2N2O2. The van der Waals surface area contributed by atoms with E-state index in [0.29, 0.717) is 18.7 Å². The molecule has 0 aliphatic rings. The average Bonchev–Trinajstić information content (AvgIpc) is 3.00. The van der Waals surface area contributed by atoms with Crippen LogP contribution in [0.3, 0.4) is 0 Å². The summed E-state index contributed by atoms with van der Waals surface area (Å²) in [5.41, 5.74) is 6.47. The third-order valence-electron chi connectivity index (χ3n) is 6.72. The smallest absolute Gasteiger partial charge is 0.251 e. The number of halogens is 2. The summed E-state index contributed by atoms with van der Waals surface area (Å²) in [5, 5.41) is 6.59. The quantitative estimate of drug-likeness (QED) is 0.148. The van der Waals surface area contributed by atoms with Crippen molar-refractivity contribution < 1.29 is 9.53 Å². The Labute approximate surface area is 258 Å². The summed E-state index contributed by atoms with van der Waals surface area (Å²) >= 11 is 7.35. The van der Waals surface area contributed by atoms with Crippen LogP contribution in [0.1, 0.15) is 27.0 Å². The molecule has 0 aliphatic carbocycles. The van der Waals surface area contributed by atoms with Gasteiger partial charge in [-0.25, -0.2) is 0 Å². The molecule has 0 radical (unpaired) electrons. The van der Waals surface area contributed by atoms with Gasteiger partial charge < -0.3 is 15.4 Å². The molecule has 41 heavy (non-hydrogen) atoms. The molecule has 5 aromatic carbocycles. The van der Waals surface area contributed by atoms with Crippen molar-refractivity contribution in [2.75, 3.05) is 6.54 Å². The van der Waals surface area contributed by atoms with E-state index in [-0.39, 0.29) is 5.91 Å². The van der Waals surface area contributed by atoms with Crippen LogP contribution in [-0.2, 0) is 19.5 Å². The van der Waals surface area contributed by atoms with Crippen molar-refractivity contribution in [1.82, 2.24) is 10.6 Å². The van der Waals surface area contributed by atoms with Crippen molar-refractivity contribution >= 4 is 37.8 Å². The van der Waals surface area contributed by atoms with E-state index in [4.69, 9.17) is 4.74 Å². The second-order valence-corrected chi connectivity index (χ2v) is 11.3. The second-order valence-electron chi connectivity index (χ2n) is 9.61. The van der Waals surface area contributed by atoms with Crippen LogP contribution in [0.25, 0.3) is 11.1 Å². The van der Waals surface area contributed by atoms with Crippen LogP contribution < -0.4 is 15.4 Å². The van der Waals surface area contributed by atoms with Crippen molar-refractivity contribution in [3.63, 3.8) is 0 Å². The van der Waals surface area contributed by atoms with Gasteiger partial charge in [-0.15, -0.1) is 0 Å². The Hall–Kier alpha value is -3.71. The number of rotatable bonds is 11. The normalized spacial score (nSPS) is 10.8. The minimum Gasteiger partial charge on any atom is -0.457 e. The topological polar surface area (TPSA) is 50.4 Å². The van der Waals surface area contributed by atoms with Crippen LogP contribution in [0.15, 0.2) is 130 Å². The van der Waals surface area contributed by atoms with Gasteiger partial charge >= 0.3 is 0 Å². The van der Waals surface area contributed by atoms with Crippen molar-refractivity contribution in [3.8, 4) is 22.6 Å². The Morgan fingerprint density at radius 1 is 0.683 bits per heavy atom. The molecule has 0 atom stereocenters. The number of para-hydroxylation sites is 1. The fraction of sp³-hybridized carbons (Fsp3) is 0.114. The van der Waals surface area contributed by atoms with Gasteiger partial charge in [0.1, 0.15) is 11.5 Å². The van der Waals surface area contributed by atoms with Gasteiger partial charge in [-0.2, -0.15) is 0 Å². The highest BCUT2D eigenvalue weighted by molar-refractivity contribution is 9.11. The van der Waals surface area contributed by atoms with E-state index >= 15 is 0 Å². The SMILES string of the molecule is O=C(NCCc1ccc(Oc2ccccc2)cc1)c1cc(Br)c(CNCc2ccccc2-c2ccccc2)c(Br)c1. The predicted octanol–water partition coefficient (Wildman–Crippen LogP) is 8.93. The lowest BCUT2D eigenvalue weighted by Gasteiger charge is -2.14. The van der Waals surface area contributed by atoms with Crippen molar-refractivity contribution in [3.05, 3.63) is 153 Å². The fourth-order valence-electron chi connectivity index (χ4n) is 4.57. The van der Waals surface area contributed by atoms with E-state index in [2.05, 4.69) is 91.0 Å². The standard InChI is InChI=1S/C35H30Br2N2O2/c36-33-21-28(35(40)39-20-19-25-15-17-30(18-16-25)41-29-12-5-2-6-13-29)22-34(37)32(33)24-38-23-27-11-7-8-14-31(27)26-9-3-1-4-10-26/h1-18,21-22,38H,19-20,23-24H2,(H,39,40). The molecule has 0 bridgehead atoms. The highest BCUT2D eigenvalue weighted by Crippen LogP contribution is 2.28. The summed E-state index contributed by atoms with van der Waals surface area (Å²) in [4.78, 5) is 12.9. The second kappa shape index (κ2) is 14.3. The summed E-state index contributed by atoms with van der Waals surface area (Å²) in [6.07, 6.45) is 0.728. The third kappa shape index (κ3) is 7.94. The molecule has 5 aromatic rings. The molecule has 0 aliphatic heterocycles. The van der Waals surface area contributed by atoms with Crippen molar-refractivity contribution in [2.24, 2.45) is 0 Å². The summed E-state index contributed by atoms with van der Waals surface area (Å²) in [5.74, 6) is 1.49. The summed E-state index contributed by atoms with van der Waals surface area (Å²) in [6.45, 7) is 1.92. The molecule has 1 amide bonds. The Balaban J connectivity index is 1.13. The molecule has 2 N–H and O–H groups in total. The Morgan fingerprint density at radius 3 is 2.00 bits per heavy atom. The highest BCUT2D eigenvalue weighted by atomic mass is 79.9. The largest absolute Gasteiger partial charge is 0.457 e. The zero-order valence-electron chi connectivity index (χ0n) is 22.4. The monoisotopic (exact) mass is 668 g/mol. The lowest BCUT2D eigenvalue weighted by molar-refractivity contribution is 0.0954. The van der Waals surface area contributed by atoms with Gasteiger partial charge in [-0.05, 0) is 70.6 Å². The number of hydrogen-bond donors (Lipinski definition) is 2. The zero-order valence-corrected chi connectivity index (χ0v) is 25.6. The molecule has 0 spiro atoms. The van der Waals surface area contributed by atoms with E-state index in [9.17, 15) is 4.79 Å². The van der Waals surface area contributed by atoms with Crippen LogP contribution >= 0.6 is 31.9 Å². The summed E-state index contributed by atoms with van der Waals surface area (Å²) in [6, 6.07) is 40.3. The maximum absolute atomic E-state index is 12.9. The van der Waals surface area contributed by atoms with Gasteiger partial charge in [0.05, 0.1) is 0 Å². The van der Waals surface area contributed by atoms with Crippen LogP contribution in [0, 0.1) is 0 Å². The van der Waals surface area contributed by atoms with Crippen LogP contribution in [0.2, 0.25) is 0 Å². The molecule has 0 aromatic heterocycles. The Bertz CT molecular complexity index is 1570. The number of hydrogen-bond acceptors (Lipinski definition) is 3. The van der Waals surface area contributed by atoms with E-state index < -0.39 is 0 Å². The van der Waals surface area contributed by atoms with Gasteiger partial charge in [0, 0.05) is 34.1 Å². The molecule has 4 nitrogen and oxygen atoms in total. The minimum atomic E-state index is -0.105. The summed E-state index contributed by atoms with van der Waals surface area (Å²) < 4.78 is 7.62. The fourth-order valence-corrected chi connectivity index (χ4v) is 6.04. The van der Waals surface area contributed by atoms with Crippen molar-refractivity contribution in [1.29, 1.82) is 0 Å². The van der Waals surface area contributed by atoms with E-state index in [0.717, 1.165) is 44.5 Å². The molecule has 0 unspecified atom stereocenters. The molecule has 0 heterocycles. The molecular weight excluding hydrogens is 640 g/mol. The summed E-state index contributed by atoms with van der Waals surface area (Å²) in [7, 11) is 0. The molecule has 5 rings (SSSR count). The number of carbonyl (C=O) groups excluding carboxylic acids is 1. The predicted molar refractivity (Wildman–Crippen MR) is 173 cm³/mol.